The van der Waals surface area contributed by atoms with Crippen LogP contribution < -0.4 is 5.56 Å². The zero-order valence-electron chi connectivity index (χ0n) is 18.0. The number of benzene rings is 2. The molecule has 2 aromatic carbocycles. The Bertz CT molecular complexity index is 1500. The minimum Gasteiger partial charge on any atom is -0.311 e. The Morgan fingerprint density at radius 2 is 1.79 bits per heavy atom. The van der Waals surface area contributed by atoms with Crippen molar-refractivity contribution in [1.82, 2.24) is 14.3 Å². The monoisotopic (exact) mass is 466 g/mol. The molecule has 1 aliphatic rings. The van der Waals surface area contributed by atoms with Crippen LogP contribution in [0, 0.1) is 5.82 Å². The summed E-state index contributed by atoms with van der Waals surface area (Å²) in [7, 11) is 1.83. The van der Waals surface area contributed by atoms with Gasteiger partial charge in [0.05, 0.1) is 30.6 Å². The van der Waals surface area contributed by atoms with Gasteiger partial charge in [0.1, 0.15) is 5.82 Å². The molecule has 0 bridgehead atoms. The van der Waals surface area contributed by atoms with Crippen molar-refractivity contribution in [2.24, 2.45) is 12.0 Å². The fourth-order valence-electron chi connectivity index (χ4n) is 4.07. The van der Waals surface area contributed by atoms with Gasteiger partial charge in [0.25, 0.3) is 5.56 Å². The third-order valence-electron chi connectivity index (χ3n) is 5.72. The van der Waals surface area contributed by atoms with Gasteiger partial charge in [-0.3, -0.25) is 14.5 Å². The van der Waals surface area contributed by atoms with E-state index in [9.17, 15) is 22.4 Å². The molecule has 0 atom stereocenters. The lowest BCUT2D eigenvalue weighted by Gasteiger charge is -2.12. The molecule has 0 aliphatic carbocycles. The summed E-state index contributed by atoms with van der Waals surface area (Å²) in [6, 6.07) is 11.3. The van der Waals surface area contributed by atoms with Crippen LogP contribution in [0.15, 0.2) is 76.9 Å². The lowest BCUT2D eigenvalue weighted by atomic mass is 9.97. The van der Waals surface area contributed by atoms with Crippen molar-refractivity contribution < 1.29 is 17.6 Å². The Balaban J connectivity index is 1.44. The Labute approximate surface area is 191 Å². The number of alkyl halides is 3. The second kappa shape index (κ2) is 8.09. The highest BCUT2D eigenvalue weighted by atomic mass is 19.4. The van der Waals surface area contributed by atoms with Crippen LogP contribution in [0.2, 0.25) is 0 Å². The first kappa shape index (κ1) is 21.8. The lowest BCUT2D eigenvalue weighted by molar-refractivity contribution is -0.137. The maximum absolute atomic E-state index is 13.7. The summed E-state index contributed by atoms with van der Waals surface area (Å²) in [5.41, 5.74) is 3.82. The van der Waals surface area contributed by atoms with Gasteiger partial charge in [-0.15, -0.1) is 0 Å². The Morgan fingerprint density at radius 1 is 1.00 bits per heavy atom. The molecule has 0 spiro atoms. The molecule has 0 fully saturated rings. The summed E-state index contributed by atoms with van der Waals surface area (Å²) in [6.45, 7) is 0.386. The Morgan fingerprint density at radius 3 is 2.50 bits per heavy atom. The van der Waals surface area contributed by atoms with Crippen molar-refractivity contribution in [1.29, 1.82) is 0 Å². The molecule has 0 saturated carbocycles. The van der Waals surface area contributed by atoms with Gasteiger partial charge in [0.15, 0.2) is 0 Å². The average Bonchev–Trinajstić information content (AvgIpc) is 3.39. The molecule has 0 saturated heterocycles. The lowest BCUT2D eigenvalue weighted by Crippen LogP contribution is -2.19. The van der Waals surface area contributed by atoms with Gasteiger partial charge in [0.2, 0.25) is 0 Å². The van der Waals surface area contributed by atoms with Crippen LogP contribution in [0.25, 0.3) is 11.1 Å². The van der Waals surface area contributed by atoms with E-state index in [1.165, 1.54) is 16.8 Å². The summed E-state index contributed by atoms with van der Waals surface area (Å²) in [5.74, 6) is -1.00. The molecular formula is C25H18F4N4O. The molecule has 172 valence electrons. The number of hydrogen-bond donors (Lipinski definition) is 0. The highest BCUT2D eigenvalue weighted by Gasteiger charge is 2.31. The van der Waals surface area contributed by atoms with E-state index in [2.05, 4.69) is 10.1 Å². The van der Waals surface area contributed by atoms with Crippen molar-refractivity contribution >= 4 is 5.71 Å². The predicted molar refractivity (Wildman–Crippen MR) is 119 cm³/mol. The molecule has 0 unspecified atom stereocenters. The second-order valence-corrected chi connectivity index (χ2v) is 8.17. The summed E-state index contributed by atoms with van der Waals surface area (Å²) >= 11 is 0. The first-order valence-electron chi connectivity index (χ1n) is 10.4. The van der Waals surface area contributed by atoms with Gasteiger partial charge < -0.3 is 4.57 Å². The molecule has 4 aromatic rings. The number of pyridine rings is 1. The highest BCUT2D eigenvalue weighted by molar-refractivity contribution is 6.15. The normalized spacial score (nSPS) is 13.1. The van der Waals surface area contributed by atoms with Gasteiger partial charge in [-0.2, -0.15) is 18.3 Å². The van der Waals surface area contributed by atoms with E-state index in [1.54, 1.807) is 16.9 Å². The average molecular weight is 466 g/mol. The molecule has 34 heavy (non-hydrogen) atoms. The fourth-order valence-corrected chi connectivity index (χ4v) is 4.07. The molecule has 1 aliphatic heterocycles. The summed E-state index contributed by atoms with van der Waals surface area (Å²) < 4.78 is 55.6. The van der Waals surface area contributed by atoms with E-state index < -0.39 is 23.1 Å². The largest absolute Gasteiger partial charge is 0.416 e. The molecule has 2 aromatic heterocycles. The van der Waals surface area contributed by atoms with E-state index in [4.69, 9.17) is 0 Å². The summed E-state index contributed by atoms with van der Waals surface area (Å²) in [4.78, 5) is 17.3. The number of rotatable bonds is 4. The Kier molecular flexibility index (Phi) is 5.19. The van der Waals surface area contributed by atoms with Gasteiger partial charge in [0, 0.05) is 36.6 Å². The quantitative estimate of drug-likeness (QED) is 0.406. The second-order valence-electron chi connectivity index (χ2n) is 8.17. The maximum atomic E-state index is 13.7. The number of fused-ring (bicyclic) bond motifs is 1. The van der Waals surface area contributed by atoms with Gasteiger partial charge in [-0.1, -0.05) is 12.1 Å². The van der Waals surface area contributed by atoms with E-state index in [-0.39, 0.29) is 12.1 Å². The molecular weight excluding hydrogens is 448 g/mol. The molecule has 0 radical (unpaired) electrons. The van der Waals surface area contributed by atoms with Crippen LogP contribution >= 0.6 is 0 Å². The van der Waals surface area contributed by atoms with Crippen molar-refractivity contribution in [2.45, 2.75) is 19.3 Å². The number of aromatic nitrogens is 3. The first-order valence-corrected chi connectivity index (χ1v) is 10.4. The van der Waals surface area contributed by atoms with E-state index >= 15 is 0 Å². The molecule has 5 rings (SSSR count). The smallest absolute Gasteiger partial charge is 0.311 e. The van der Waals surface area contributed by atoms with Crippen molar-refractivity contribution in [3.05, 3.63) is 111 Å². The topological polar surface area (TPSA) is 52.2 Å². The van der Waals surface area contributed by atoms with Crippen LogP contribution in [-0.2, 0) is 26.3 Å². The van der Waals surface area contributed by atoms with Crippen molar-refractivity contribution in [2.75, 3.05) is 0 Å². The molecule has 0 amide bonds. The fraction of sp³-hybridized carbons (Fsp3) is 0.160. The van der Waals surface area contributed by atoms with Crippen LogP contribution in [0.1, 0.15) is 27.8 Å². The third-order valence-corrected chi connectivity index (χ3v) is 5.72. The standard InChI is InChI=1S/C25H18F4N4O/c1-32-14-19(12-31-32)24-22-8-16(2-3-18(22)11-30-24)17-4-5-33(23(34)9-17)13-15-6-20(25(27,28)29)10-21(26)7-15/h2-10,12,14H,11,13H2,1H3. The minimum absolute atomic E-state index is 0.0528. The molecule has 9 heteroatoms. The van der Waals surface area contributed by atoms with Crippen LogP contribution in [0.5, 0.6) is 0 Å². The van der Waals surface area contributed by atoms with Crippen LogP contribution in [0.4, 0.5) is 17.6 Å². The third kappa shape index (κ3) is 4.16. The van der Waals surface area contributed by atoms with Gasteiger partial charge in [-0.05, 0) is 52.6 Å². The van der Waals surface area contributed by atoms with Crippen LogP contribution in [-0.4, -0.2) is 20.1 Å². The van der Waals surface area contributed by atoms with E-state index in [0.29, 0.717) is 18.2 Å². The van der Waals surface area contributed by atoms with Crippen molar-refractivity contribution in [3.8, 4) is 11.1 Å². The van der Waals surface area contributed by atoms with Crippen molar-refractivity contribution in [3.63, 3.8) is 0 Å². The summed E-state index contributed by atoms with van der Waals surface area (Å²) in [6.07, 6.45) is 0.465. The SMILES string of the molecule is Cn1cc(C2=NCc3ccc(-c4ccn(Cc5cc(F)cc(C(F)(F)F)c5)c(=O)c4)cc32)cn1. The predicted octanol–water partition coefficient (Wildman–Crippen LogP) is 4.81. The van der Waals surface area contributed by atoms with Gasteiger partial charge >= 0.3 is 6.18 Å². The van der Waals surface area contributed by atoms with Gasteiger partial charge in [-0.25, -0.2) is 4.39 Å². The zero-order chi connectivity index (χ0) is 24.0. The molecule has 0 N–H and O–H groups in total. The minimum atomic E-state index is -4.67. The molecule has 3 heterocycles. The van der Waals surface area contributed by atoms with Crippen LogP contribution in [0.3, 0.4) is 0 Å². The number of hydrogen-bond acceptors (Lipinski definition) is 3. The number of aliphatic imine (C=N–C) groups is 1. The van der Waals surface area contributed by atoms with E-state index in [1.807, 2.05) is 31.4 Å². The number of aryl methyl sites for hydroxylation is 1. The number of nitrogens with zero attached hydrogens (tertiary/aromatic N) is 4. The summed E-state index contributed by atoms with van der Waals surface area (Å²) in [5, 5.41) is 4.20. The number of halogens is 4. The maximum Gasteiger partial charge on any atom is 0.416 e. The highest BCUT2D eigenvalue weighted by Crippen LogP contribution is 2.31. The van der Waals surface area contributed by atoms with E-state index in [0.717, 1.165) is 40.1 Å². The first-order chi connectivity index (χ1) is 16.2. The zero-order valence-corrected chi connectivity index (χ0v) is 18.0. The molecule has 5 nitrogen and oxygen atoms in total. The Hall–Kier alpha value is -4.01.